The molecule has 1 fully saturated rings. The van der Waals surface area contributed by atoms with Gasteiger partial charge in [0.05, 0.1) is 6.10 Å². The van der Waals surface area contributed by atoms with Gasteiger partial charge < -0.3 is 5.11 Å². The van der Waals surface area contributed by atoms with E-state index in [0.29, 0.717) is 5.41 Å². The van der Waals surface area contributed by atoms with Crippen LogP contribution in [0.3, 0.4) is 0 Å². The number of rotatable bonds is 4. The molecule has 0 spiro atoms. The van der Waals surface area contributed by atoms with Crippen LogP contribution in [0, 0.1) is 5.41 Å². The van der Waals surface area contributed by atoms with E-state index in [-0.39, 0.29) is 6.10 Å². The van der Waals surface area contributed by atoms with Gasteiger partial charge in [0.25, 0.3) is 0 Å². The summed E-state index contributed by atoms with van der Waals surface area (Å²) < 4.78 is 0. The summed E-state index contributed by atoms with van der Waals surface area (Å²) in [6.07, 6.45) is 6.90. The zero-order chi connectivity index (χ0) is 9.19. The molecule has 0 amide bonds. The minimum Gasteiger partial charge on any atom is -0.393 e. The van der Waals surface area contributed by atoms with Crippen molar-refractivity contribution >= 4 is 0 Å². The summed E-state index contributed by atoms with van der Waals surface area (Å²) in [5.41, 5.74) is 1.68. The Labute approximate surface area is 75.5 Å². The van der Waals surface area contributed by atoms with E-state index in [9.17, 15) is 5.11 Å². The fourth-order valence-electron chi connectivity index (χ4n) is 1.69. The van der Waals surface area contributed by atoms with E-state index in [1.807, 2.05) is 6.92 Å². The van der Waals surface area contributed by atoms with Gasteiger partial charge in [-0.25, -0.2) is 0 Å². The van der Waals surface area contributed by atoms with Crippen LogP contribution < -0.4 is 0 Å². The third-order valence-corrected chi connectivity index (χ3v) is 2.97. The second-order valence-corrected chi connectivity index (χ2v) is 4.36. The van der Waals surface area contributed by atoms with E-state index in [1.165, 1.54) is 18.4 Å². The first-order valence-electron chi connectivity index (χ1n) is 4.88. The SMILES string of the molecule is CC(C)=CCCC1([C@H](C)O)CC1. The van der Waals surface area contributed by atoms with Crippen LogP contribution in [-0.4, -0.2) is 11.2 Å². The Kier molecular flexibility index (Phi) is 2.94. The number of allylic oxidation sites excluding steroid dienone is 2. The molecule has 0 aliphatic heterocycles. The lowest BCUT2D eigenvalue weighted by molar-refractivity contribution is 0.105. The average molecular weight is 168 g/mol. The zero-order valence-corrected chi connectivity index (χ0v) is 8.43. The molecule has 0 aromatic heterocycles. The molecular formula is C11H20O. The first kappa shape index (κ1) is 9.79. The summed E-state index contributed by atoms with van der Waals surface area (Å²) in [6.45, 7) is 6.18. The molecule has 0 radical (unpaired) electrons. The lowest BCUT2D eigenvalue weighted by Gasteiger charge is -2.17. The smallest absolute Gasteiger partial charge is 0.0568 e. The van der Waals surface area contributed by atoms with Gasteiger partial charge in [0, 0.05) is 0 Å². The van der Waals surface area contributed by atoms with Gasteiger partial charge in [-0.05, 0) is 51.9 Å². The van der Waals surface area contributed by atoms with Crippen LogP contribution >= 0.6 is 0 Å². The lowest BCUT2D eigenvalue weighted by Crippen LogP contribution is -2.17. The molecule has 0 unspecified atom stereocenters. The third kappa shape index (κ3) is 2.34. The monoisotopic (exact) mass is 168 g/mol. The van der Waals surface area contributed by atoms with Gasteiger partial charge in [0.1, 0.15) is 0 Å². The minimum atomic E-state index is -0.108. The van der Waals surface area contributed by atoms with Gasteiger partial charge in [-0.15, -0.1) is 0 Å². The van der Waals surface area contributed by atoms with Crippen LogP contribution in [0.4, 0.5) is 0 Å². The minimum absolute atomic E-state index is 0.108. The van der Waals surface area contributed by atoms with Gasteiger partial charge in [0.2, 0.25) is 0 Å². The Bertz CT molecular complexity index is 171. The maximum atomic E-state index is 9.49. The molecule has 0 aromatic rings. The van der Waals surface area contributed by atoms with E-state index in [0.717, 1.165) is 12.8 Å². The highest BCUT2D eigenvalue weighted by Gasteiger charge is 2.45. The van der Waals surface area contributed by atoms with Crippen molar-refractivity contribution in [3.05, 3.63) is 11.6 Å². The van der Waals surface area contributed by atoms with Crippen molar-refractivity contribution in [3.63, 3.8) is 0 Å². The van der Waals surface area contributed by atoms with E-state index in [2.05, 4.69) is 19.9 Å². The van der Waals surface area contributed by atoms with Crippen molar-refractivity contribution in [1.82, 2.24) is 0 Å². The lowest BCUT2D eigenvalue weighted by atomic mass is 9.94. The molecule has 1 nitrogen and oxygen atoms in total. The predicted molar refractivity (Wildman–Crippen MR) is 52.0 cm³/mol. The Morgan fingerprint density at radius 3 is 2.42 bits per heavy atom. The normalized spacial score (nSPS) is 21.7. The van der Waals surface area contributed by atoms with Gasteiger partial charge in [-0.3, -0.25) is 0 Å². The van der Waals surface area contributed by atoms with Crippen molar-refractivity contribution < 1.29 is 5.11 Å². The molecule has 0 saturated heterocycles. The van der Waals surface area contributed by atoms with Crippen molar-refractivity contribution in [2.75, 3.05) is 0 Å². The standard InChI is InChI=1S/C11H20O/c1-9(2)5-4-6-11(7-8-11)10(3)12/h5,10,12H,4,6-8H2,1-3H3/t10-/m0/s1. The van der Waals surface area contributed by atoms with Crippen molar-refractivity contribution in [1.29, 1.82) is 0 Å². The summed E-state index contributed by atoms with van der Waals surface area (Å²) in [4.78, 5) is 0. The highest BCUT2D eigenvalue weighted by atomic mass is 16.3. The molecule has 1 aliphatic carbocycles. The number of aliphatic hydroxyl groups excluding tert-OH is 1. The summed E-state index contributed by atoms with van der Waals surface area (Å²) in [7, 11) is 0. The molecule has 1 rings (SSSR count). The number of hydrogen-bond acceptors (Lipinski definition) is 1. The van der Waals surface area contributed by atoms with Crippen LogP contribution in [0.1, 0.15) is 46.5 Å². The van der Waals surface area contributed by atoms with Gasteiger partial charge in [0.15, 0.2) is 0 Å². The number of hydrogen-bond donors (Lipinski definition) is 1. The molecule has 1 saturated carbocycles. The second kappa shape index (κ2) is 3.61. The average Bonchev–Trinajstić information content (AvgIpc) is 2.68. The fourth-order valence-corrected chi connectivity index (χ4v) is 1.69. The van der Waals surface area contributed by atoms with Crippen LogP contribution in [0.2, 0.25) is 0 Å². The first-order valence-corrected chi connectivity index (χ1v) is 4.88. The van der Waals surface area contributed by atoms with Crippen molar-refractivity contribution in [2.24, 2.45) is 5.41 Å². The van der Waals surface area contributed by atoms with Gasteiger partial charge in [-0.1, -0.05) is 11.6 Å². The summed E-state index contributed by atoms with van der Waals surface area (Å²) in [6, 6.07) is 0. The van der Waals surface area contributed by atoms with Gasteiger partial charge >= 0.3 is 0 Å². The first-order chi connectivity index (χ1) is 5.57. The topological polar surface area (TPSA) is 20.2 Å². The Morgan fingerprint density at radius 2 is 2.08 bits per heavy atom. The van der Waals surface area contributed by atoms with Crippen LogP contribution in [0.5, 0.6) is 0 Å². The van der Waals surface area contributed by atoms with Crippen LogP contribution in [-0.2, 0) is 0 Å². The summed E-state index contributed by atoms with van der Waals surface area (Å²) >= 11 is 0. The zero-order valence-electron chi connectivity index (χ0n) is 8.43. The Balaban J connectivity index is 2.28. The summed E-state index contributed by atoms with van der Waals surface area (Å²) in [5, 5.41) is 9.49. The van der Waals surface area contributed by atoms with E-state index in [1.54, 1.807) is 0 Å². The highest BCUT2D eigenvalue weighted by Crippen LogP contribution is 2.52. The molecule has 70 valence electrons. The second-order valence-electron chi connectivity index (χ2n) is 4.36. The number of aliphatic hydroxyl groups is 1. The molecule has 0 bridgehead atoms. The quantitative estimate of drug-likeness (QED) is 0.640. The Hall–Kier alpha value is -0.300. The molecule has 1 heteroatoms. The molecule has 1 N–H and O–H groups in total. The van der Waals surface area contributed by atoms with Crippen LogP contribution in [0.15, 0.2) is 11.6 Å². The predicted octanol–water partition coefficient (Wildman–Crippen LogP) is 2.89. The largest absolute Gasteiger partial charge is 0.393 e. The maximum absolute atomic E-state index is 9.49. The highest BCUT2D eigenvalue weighted by molar-refractivity contribution is 5.00. The van der Waals surface area contributed by atoms with Gasteiger partial charge in [-0.2, -0.15) is 0 Å². The third-order valence-electron chi connectivity index (χ3n) is 2.97. The van der Waals surface area contributed by atoms with Crippen molar-refractivity contribution in [3.8, 4) is 0 Å². The molecule has 12 heavy (non-hydrogen) atoms. The molecule has 1 atom stereocenters. The summed E-state index contributed by atoms with van der Waals surface area (Å²) in [5.74, 6) is 0. The maximum Gasteiger partial charge on any atom is 0.0568 e. The van der Waals surface area contributed by atoms with Crippen LogP contribution in [0.25, 0.3) is 0 Å². The van der Waals surface area contributed by atoms with E-state index in [4.69, 9.17) is 0 Å². The molecule has 0 aromatic carbocycles. The Morgan fingerprint density at radius 1 is 1.50 bits per heavy atom. The molecular weight excluding hydrogens is 148 g/mol. The van der Waals surface area contributed by atoms with Crippen molar-refractivity contribution in [2.45, 2.75) is 52.6 Å². The molecule has 0 heterocycles. The van der Waals surface area contributed by atoms with E-state index < -0.39 is 0 Å². The molecule has 1 aliphatic rings. The van der Waals surface area contributed by atoms with E-state index >= 15 is 0 Å². The fraction of sp³-hybridized carbons (Fsp3) is 0.818.